The third kappa shape index (κ3) is 14.2. The molecule has 8 N–H and O–H groups in total. The summed E-state index contributed by atoms with van der Waals surface area (Å²) in [6.07, 6.45) is -0.155. The molecule has 1 unspecified atom stereocenters. The van der Waals surface area contributed by atoms with Crippen LogP contribution in [0.5, 0.6) is 5.75 Å². The van der Waals surface area contributed by atoms with Gasteiger partial charge in [0.15, 0.2) is 5.37 Å². The highest BCUT2D eigenvalue weighted by atomic mass is 32.2. The summed E-state index contributed by atoms with van der Waals surface area (Å²) in [4.78, 5) is 10.7. The Morgan fingerprint density at radius 3 is 1.76 bits per heavy atom. The van der Waals surface area contributed by atoms with E-state index in [9.17, 15) is 64.9 Å². The van der Waals surface area contributed by atoms with Crippen LogP contribution in [0, 0.1) is 0 Å². The first-order valence-corrected chi connectivity index (χ1v) is 25.9. The lowest BCUT2D eigenvalue weighted by atomic mass is 10.1. The standard InChI is InChI=1S/C36H34N10O16S5/c1-21(64(50,51)52)37-34-40-35(38-23-8-10-24(11-9-23)43-45-26-7-6-22-16-29(66(56,57)58)20-33(30(22)18-26)67(59,60)61)42-36(41-34)39-31-13-12-27(19-32(31)62-14-3-15-63(47,48)49)46-44-25-4-2-5-28(17-25)65(53,54)55/h2,4-13,16-21H,3,14-15H2,1H3,(H,47,48,49)(H,50,51,52)(H,53,54,55)(H,56,57,58)(H,59,60,61)(H3,37,38,39,40,41,42). The average molecular weight is 1020 g/mol. The molecule has 67 heavy (non-hydrogen) atoms. The maximum atomic E-state index is 12.1. The van der Waals surface area contributed by atoms with Crippen LogP contribution in [0.2, 0.25) is 0 Å². The van der Waals surface area contributed by atoms with E-state index in [1.807, 2.05) is 0 Å². The van der Waals surface area contributed by atoms with Gasteiger partial charge in [-0.3, -0.25) is 22.8 Å². The summed E-state index contributed by atoms with van der Waals surface area (Å²) in [5, 5.41) is 22.8. The minimum Gasteiger partial charge on any atom is -0.491 e. The fourth-order valence-electron chi connectivity index (χ4n) is 5.54. The molecule has 1 heterocycles. The van der Waals surface area contributed by atoms with Crippen molar-refractivity contribution in [2.45, 2.75) is 33.4 Å². The van der Waals surface area contributed by atoms with E-state index in [-0.39, 0.29) is 75.8 Å². The van der Waals surface area contributed by atoms with Crippen LogP contribution < -0.4 is 20.7 Å². The third-order valence-corrected chi connectivity index (χ3v) is 13.1. The van der Waals surface area contributed by atoms with Gasteiger partial charge in [-0.1, -0.05) is 12.1 Å². The second kappa shape index (κ2) is 19.7. The first-order chi connectivity index (χ1) is 31.2. The van der Waals surface area contributed by atoms with Crippen LogP contribution in [-0.2, 0) is 50.6 Å². The molecule has 0 radical (unpaired) electrons. The molecular weight excluding hydrogens is 989 g/mol. The summed E-state index contributed by atoms with van der Waals surface area (Å²) in [5.74, 6) is -1.41. The molecule has 354 valence electrons. The summed E-state index contributed by atoms with van der Waals surface area (Å²) in [7, 11) is -23.3. The maximum absolute atomic E-state index is 12.1. The van der Waals surface area contributed by atoms with E-state index in [4.69, 9.17) is 4.74 Å². The maximum Gasteiger partial charge on any atom is 0.295 e. The number of hydrogen-bond acceptors (Lipinski definition) is 21. The van der Waals surface area contributed by atoms with Crippen molar-refractivity contribution in [1.29, 1.82) is 0 Å². The van der Waals surface area contributed by atoms with E-state index in [1.165, 1.54) is 72.8 Å². The van der Waals surface area contributed by atoms with Crippen molar-refractivity contribution in [1.82, 2.24) is 15.0 Å². The molecule has 0 bridgehead atoms. The van der Waals surface area contributed by atoms with E-state index in [0.29, 0.717) is 11.8 Å². The van der Waals surface area contributed by atoms with Crippen LogP contribution in [0.1, 0.15) is 13.3 Å². The topological polar surface area (TPSA) is 405 Å². The van der Waals surface area contributed by atoms with Gasteiger partial charge in [0, 0.05) is 17.1 Å². The number of benzene rings is 5. The highest BCUT2D eigenvalue weighted by molar-refractivity contribution is 7.87. The van der Waals surface area contributed by atoms with Crippen molar-refractivity contribution in [3.8, 4) is 5.75 Å². The third-order valence-electron chi connectivity index (χ3n) is 8.68. The number of nitrogens with one attached hydrogen (secondary N) is 3. The van der Waals surface area contributed by atoms with E-state index in [0.717, 1.165) is 25.1 Å². The molecule has 0 aliphatic rings. The highest BCUT2D eigenvalue weighted by Crippen LogP contribution is 2.34. The fourth-order valence-corrected chi connectivity index (χ4v) is 8.14. The van der Waals surface area contributed by atoms with Crippen LogP contribution in [0.25, 0.3) is 10.8 Å². The Kier molecular flexibility index (Phi) is 14.6. The molecular formula is C36H34N10O16S5. The Hall–Kier alpha value is -6.68. The van der Waals surface area contributed by atoms with Crippen LogP contribution in [-0.4, -0.2) is 97.5 Å². The van der Waals surface area contributed by atoms with Gasteiger partial charge in [-0.15, -0.1) is 0 Å². The van der Waals surface area contributed by atoms with Crippen molar-refractivity contribution in [2.75, 3.05) is 28.3 Å². The van der Waals surface area contributed by atoms with Gasteiger partial charge < -0.3 is 20.7 Å². The van der Waals surface area contributed by atoms with Gasteiger partial charge in [0.2, 0.25) is 17.8 Å². The zero-order chi connectivity index (χ0) is 49.0. The van der Waals surface area contributed by atoms with Crippen LogP contribution in [0.15, 0.2) is 132 Å². The molecule has 0 spiro atoms. The summed E-state index contributed by atoms with van der Waals surface area (Å²) in [5.41, 5.74) is 1.02. The molecule has 6 rings (SSSR count). The second-order valence-corrected chi connectivity index (χ2v) is 21.3. The molecule has 0 saturated heterocycles. The van der Waals surface area contributed by atoms with Gasteiger partial charge in [-0.05, 0) is 97.6 Å². The van der Waals surface area contributed by atoms with Crippen molar-refractivity contribution in [3.05, 3.63) is 97.1 Å². The van der Waals surface area contributed by atoms with Crippen molar-refractivity contribution >= 4 is 113 Å². The minimum atomic E-state index is -4.96. The predicted octanol–water partition coefficient (Wildman–Crippen LogP) is 6.39. The number of aromatic nitrogens is 3. The summed E-state index contributed by atoms with van der Waals surface area (Å²) in [6, 6.07) is 20.7. The molecule has 0 saturated carbocycles. The number of fused-ring (bicyclic) bond motifs is 1. The normalized spacial score (nSPS) is 13.2. The molecule has 5 aromatic carbocycles. The molecule has 0 aliphatic carbocycles. The quantitative estimate of drug-likeness (QED) is 0.0247. The Morgan fingerprint density at radius 2 is 1.15 bits per heavy atom. The highest BCUT2D eigenvalue weighted by Gasteiger charge is 2.22. The molecule has 0 fully saturated rings. The van der Waals surface area contributed by atoms with Crippen molar-refractivity contribution < 1.29 is 69.6 Å². The second-order valence-electron chi connectivity index (χ2n) is 13.7. The van der Waals surface area contributed by atoms with Gasteiger partial charge in [-0.2, -0.15) is 77.5 Å². The number of nitrogens with zero attached hydrogens (tertiary/aromatic N) is 7. The summed E-state index contributed by atoms with van der Waals surface area (Å²) >= 11 is 0. The molecule has 6 aromatic rings. The van der Waals surface area contributed by atoms with Crippen LogP contribution in [0.4, 0.5) is 52.0 Å². The number of anilines is 5. The van der Waals surface area contributed by atoms with Crippen LogP contribution >= 0.6 is 0 Å². The van der Waals surface area contributed by atoms with Gasteiger partial charge in [0.1, 0.15) is 10.6 Å². The summed E-state index contributed by atoms with van der Waals surface area (Å²) in [6.45, 7) is 0.865. The lowest BCUT2D eigenvalue weighted by molar-refractivity contribution is 0.317. The first kappa shape index (κ1) is 49.7. The largest absolute Gasteiger partial charge is 0.491 e. The monoisotopic (exact) mass is 1020 g/mol. The summed E-state index contributed by atoms with van der Waals surface area (Å²) < 4.78 is 170. The average Bonchev–Trinajstić information content (AvgIpc) is 3.22. The van der Waals surface area contributed by atoms with Crippen molar-refractivity contribution in [3.63, 3.8) is 0 Å². The smallest absolute Gasteiger partial charge is 0.295 e. The van der Waals surface area contributed by atoms with Crippen molar-refractivity contribution in [2.24, 2.45) is 20.5 Å². The molecule has 0 aliphatic heterocycles. The predicted molar refractivity (Wildman–Crippen MR) is 239 cm³/mol. The van der Waals surface area contributed by atoms with E-state index >= 15 is 0 Å². The molecule has 1 aromatic heterocycles. The zero-order valence-electron chi connectivity index (χ0n) is 33.8. The van der Waals surface area contributed by atoms with Gasteiger partial charge in [0.05, 0.1) is 50.6 Å². The number of rotatable bonds is 19. The van der Waals surface area contributed by atoms with Gasteiger partial charge in [-0.25, -0.2) is 0 Å². The Bertz CT molecular complexity index is 3510. The first-order valence-electron chi connectivity index (χ1n) is 18.5. The van der Waals surface area contributed by atoms with E-state index in [1.54, 1.807) is 0 Å². The SMILES string of the molecule is CC(Nc1nc(Nc2ccc(N=Nc3ccc4cc(S(=O)(=O)O)cc(S(=O)(=O)O)c4c3)cc2)nc(Nc2ccc(N=Nc3cccc(S(=O)(=O)O)c3)cc2OCCCS(=O)(=O)O)n1)S(=O)(=O)O. The Balaban J connectivity index is 1.27. The number of azo groups is 2. The van der Waals surface area contributed by atoms with Crippen LogP contribution in [0.3, 0.4) is 0 Å². The Labute approximate surface area is 381 Å². The fraction of sp³-hybridized carbons (Fsp3) is 0.139. The van der Waals surface area contributed by atoms with Gasteiger partial charge in [0.25, 0.3) is 50.6 Å². The Morgan fingerprint density at radius 1 is 0.582 bits per heavy atom. The molecule has 1 atom stereocenters. The molecule has 0 amide bonds. The van der Waals surface area contributed by atoms with E-state index in [2.05, 4.69) is 51.4 Å². The van der Waals surface area contributed by atoms with Gasteiger partial charge >= 0.3 is 0 Å². The number of ether oxygens (including phenoxy) is 1. The van der Waals surface area contributed by atoms with E-state index < -0.39 is 76.4 Å². The lowest BCUT2D eigenvalue weighted by Crippen LogP contribution is -2.27. The number of hydrogen-bond donors (Lipinski definition) is 8. The molecule has 26 nitrogen and oxygen atoms in total. The minimum absolute atomic E-state index is 0.00723. The lowest BCUT2D eigenvalue weighted by Gasteiger charge is -2.16. The zero-order valence-corrected chi connectivity index (χ0v) is 37.9. The molecule has 31 heteroatoms.